The van der Waals surface area contributed by atoms with Crippen LogP contribution in [0.3, 0.4) is 0 Å². The van der Waals surface area contributed by atoms with Gasteiger partial charge in [0.2, 0.25) is 0 Å². The molecule has 0 aliphatic rings. The van der Waals surface area contributed by atoms with Gasteiger partial charge in [-0.3, -0.25) is 0 Å². The maximum atomic E-state index is 3.61. The fourth-order valence-electron chi connectivity index (χ4n) is 0.629. The molecule has 0 N–H and O–H groups in total. The molecule has 2 aromatic rings. The van der Waals surface area contributed by atoms with Gasteiger partial charge < -0.3 is 0 Å². The van der Waals surface area contributed by atoms with Crippen LogP contribution in [-0.4, -0.2) is 29.7 Å². The minimum Gasteiger partial charge on any atom is -0.221 e. The Kier molecular flexibility index (Phi) is 0.970. The average Bonchev–Trinajstić information content (AvgIpc) is 2.59. The first kappa shape index (κ1) is 5.10. The van der Waals surface area contributed by atoms with Crippen LogP contribution in [0.15, 0.2) is 25.3 Å². The molecule has 0 spiro atoms. The second-order valence-electron chi connectivity index (χ2n) is 1.68. The highest BCUT2D eigenvalue weighted by Crippen LogP contribution is 1.83. The molecule has 0 amide bonds. The number of rotatable bonds is 1. The normalized spacial score (nSPS) is 10.0. The molecule has 0 atom stereocenters. The van der Waals surface area contributed by atoms with Gasteiger partial charge in [-0.05, 0) is 0 Å². The molecule has 0 radical (unpaired) electrons. The first-order chi connectivity index (χ1) is 4.97. The van der Waals surface area contributed by atoms with Gasteiger partial charge >= 0.3 is 0 Å². The van der Waals surface area contributed by atoms with Crippen molar-refractivity contribution in [2.75, 3.05) is 0 Å². The van der Waals surface area contributed by atoms with Crippen LogP contribution in [0, 0.1) is 0 Å². The van der Waals surface area contributed by atoms with E-state index in [0.29, 0.717) is 0 Å². The Morgan fingerprint density at radius 1 is 0.600 bits per heavy atom. The zero-order valence-electron chi connectivity index (χ0n) is 4.99. The van der Waals surface area contributed by atoms with Gasteiger partial charge in [0.15, 0.2) is 0 Å². The van der Waals surface area contributed by atoms with Crippen molar-refractivity contribution in [3.05, 3.63) is 25.3 Å². The summed E-state index contributed by atoms with van der Waals surface area (Å²) >= 11 is 0. The highest BCUT2D eigenvalue weighted by atomic mass is 15.5. The molecule has 0 unspecified atom stereocenters. The fourth-order valence-corrected chi connectivity index (χ4v) is 0.629. The lowest BCUT2D eigenvalue weighted by atomic mass is 11.1. The van der Waals surface area contributed by atoms with Crippen LogP contribution in [0.25, 0.3) is 0 Å². The van der Waals surface area contributed by atoms with Gasteiger partial charge in [0, 0.05) is 0 Å². The monoisotopic (exact) mass is 136 g/mol. The summed E-state index contributed by atoms with van der Waals surface area (Å²) in [6.45, 7) is 0. The SMILES string of the molecule is c1nncn1-n1cnnc1. The first-order valence-corrected chi connectivity index (χ1v) is 2.67. The molecule has 0 aliphatic heterocycles. The Morgan fingerprint density at radius 2 is 0.900 bits per heavy atom. The summed E-state index contributed by atoms with van der Waals surface area (Å²) in [5.74, 6) is 0. The van der Waals surface area contributed by atoms with Gasteiger partial charge in [-0.1, -0.05) is 0 Å². The molecule has 0 fully saturated rings. The molecular formula is C4H4N6. The average molecular weight is 136 g/mol. The maximum absolute atomic E-state index is 3.61. The number of hydrogen-bond acceptors (Lipinski definition) is 4. The second kappa shape index (κ2) is 1.90. The van der Waals surface area contributed by atoms with Crippen molar-refractivity contribution >= 4 is 0 Å². The van der Waals surface area contributed by atoms with Crippen LogP contribution in [0.4, 0.5) is 0 Å². The Balaban J connectivity index is 2.48. The lowest BCUT2D eigenvalue weighted by molar-refractivity contribution is 0.652. The van der Waals surface area contributed by atoms with Crippen LogP contribution < -0.4 is 0 Å². The van der Waals surface area contributed by atoms with E-state index in [0.717, 1.165) is 0 Å². The van der Waals surface area contributed by atoms with Crippen molar-refractivity contribution in [3.8, 4) is 0 Å². The molecular weight excluding hydrogens is 132 g/mol. The topological polar surface area (TPSA) is 61.4 Å². The van der Waals surface area contributed by atoms with Gasteiger partial charge in [-0.2, -0.15) is 0 Å². The van der Waals surface area contributed by atoms with E-state index in [4.69, 9.17) is 0 Å². The first-order valence-electron chi connectivity index (χ1n) is 2.67. The van der Waals surface area contributed by atoms with Gasteiger partial charge in [0.1, 0.15) is 25.3 Å². The van der Waals surface area contributed by atoms with E-state index in [9.17, 15) is 0 Å². The van der Waals surface area contributed by atoms with Crippen LogP contribution in [-0.2, 0) is 0 Å². The van der Waals surface area contributed by atoms with E-state index in [1.165, 1.54) is 0 Å². The third-order valence-electron chi connectivity index (χ3n) is 1.08. The third kappa shape index (κ3) is 0.661. The zero-order valence-corrected chi connectivity index (χ0v) is 4.99. The lowest BCUT2D eigenvalue weighted by Crippen LogP contribution is -2.02. The molecule has 2 rings (SSSR count). The Morgan fingerprint density at radius 3 is 1.20 bits per heavy atom. The molecule has 10 heavy (non-hydrogen) atoms. The predicted octanol–water partition coefficient (Wildman–Crippen LogP) is -0.819. The van der Waals surface area contributed by atoms with Gasteiger partial charge in [0.05, 0.1) is 0 Å². The largest absolute Gasteiger partial charge is 0.221 e. The summed E-state index contributed by atoms with van der Waals surface area (Å²) in [5.41, 5.74) is 0. The summed E-state index contributed by atoms with van der Waals surface area (Å²) in [6.07, 6.45) is 6.24. The van der Waals surface area contributed by atoms with Crippen molar-refractivity contribution in [1.82, 2.24) is 29.7 Å². The Labute approximate surface area is 56.1 Å². The van der Waals surface area contributed by atoms with E-state index in [-0.39, 0.29) is 0 Å². The number of nitrogens with zero attached hydrogens (tertiary/aromatic N) is 6. The quantitative estimate of drug-likeness (QED) is 0.514. The van der Waals surface area contributed by atoms with Crippen LogP contribution >= 0.6 is 0 Å². The summed E-state index contributed by atoms with van der Waals surface area (Å²) in [6, 6.07) is 0. The number of hydrogen-bond donors (Lipinski definition) is 0. The van der Waals surface area contributed by atoms with Crippen molar-refractivity contribution in [2.45, 2.75) is 0 Å². The molecule has 0 bridgehead atoms. The molecule has 2 aromatic heterocycles. The lowest BCUT2D eigenvalue weighted by Gasteiger charge is -1.95. The van der Waals surface area contributed by atoms with E-state index >= 15 is 0 Å². The summed E-state index contributed by atoms with van der Waals surface area (Å²) < 4.78 is 3.31. The molecule has 50 valence electrons. The van der Waals surface area contributed by atoms with Gasteiger partial charge in [0.25, 0.3) is 0 Å². The van der Waals surface area contributed by atoms with E-state index < -0.39 is 0 Å². The minimum atomic E-state index is 1.56. The third-order valence-corrected chi connectivity index (χ3v) is 1.08. The molecule has 6 nitrogen and oxygen atoms in total. The molecule has 0 saturated carbocycles. The number of aromatic nitrogens is 6. The van der Waals surface area contributed by atoms with Crippen molar-refractivity contribution in [3.63, 3.8) is 0 Å². The van der Waals surface area contributed by atoms with E-state index in [2.05, 4.69) is 20.4 Å². The van der Waals surface area contributed by atoms with Crippen LogP contribution in [0.5, 0.6) is 0 Å². The van der Waals surface area contributed by atoms with E-state index in [1.807, 2.05) is 0 Å². The maximum Gasteiger partial charge on any atom is 0.139 e. The van der Waals surface area contributed by atoms with Crippen molar-refractivity contribution in [2.24, 2.45) is 0 Å². The van der Waals surface area contributed by atoms with Crippen LogP contribution in [0.2, 0.25) is 0 Å². The summed E-state index contributed by atoms with van der Waals surface area (Å²) in [7, 11) is 0. The summed E-state index contributed by atoms with van der Waals surface area (Å²) in [5, 5.41) is 14.5. The molecule has 6 heteroatoms. The van der Waals surface area contributed by atoms with Gasteiger partial charge in [-0.15, -0.1) is 20.4 Å². The van der Waals surface area contributed by atoms with Crippen molar-refractivity contribution in [1.29, 1.82) is 0 Å². The highest BCUT2D eigenvalue weighted by Gasteiger charge is 1.90. The predicted molar refractivity (Wildman–Crippen MR) is 30.8 cm³/mol. The minimum absolute atomic E-state index is 1.56. The Bertz CT molecular complexity index is 249. The Hall–Kier alpha value is -1.72. The second-order valence-corrected chi connectivity index (χ2v) is 1.68. The highest BCUT2D eigenvalue weighted by molar-refractivity contribution is 4.67. The zero-order chi connectivity index (χ0) is 6.81. The molecule has 0 aliphatic carbocycles. The smallest absolute Gasteiger partial charge is 0.139 e. The van der Waals surface area contributed by atoms with Crippen molar-refractivity contribution < 1.29 is 0 Å². The molecule has 0 aromatic carbocycles. The molecule has 2 heterocycles. The fraction of sp³-hybridized carbons (Fsp3) is 0. The van der Waals surface area contributed by atoms with Gasteiger partial charge in [-0.25, -0.2) is 9.35 Å². The molecule has 0 saturated heterocycles. The standard InChI is InChI=1S/C4H4N6/c1-5-6-2-9(1)10-3-7-8-4-10/h1-4H. The van der Waals surface area contributed by atoms with E-state index in [1.54, 1.807) is 34.7 Å². The summed E-state index contributed by atoms with van der Waals surface area (Å²) in [4.78, 5) is 0. The van der Waals surface area contributed by atoms with Crippen LogP contribution in [0.1, 0.15) is 0 Å².